The van der Waals surface area contributed by atoms with Crippen LogP contribution in [0, 0.1) is 13.8 Å². The highest BCUT2D eigenvalue weighted by atomic mass is 127. The lowest BCUT2D eigenvalue weighted by Gasteiger charge is -2.28. The van der Waals surface area contributed by atoms with Gasteiger partial charge in [0.2, 0.25) is 21.9 Å². The molecule has 2 heterocycles. The standard InChI is InChI=1S/C29H29IN6O3S/c1-19-8-10-24(15-26(19)40(38,39)32-17-21-6-4-3-5-7-21)34-29-31-16-20(2)28(35-29)33-23-11-12-25-22(14-23)9-13-27(37)36(25)18-30/h3-8,10-12,14-16,32H,9,13,17-18H2,1-2H3,(H2,31,33,34,35). The van der Waals surface area contributed by atoms with Crippen molar-refractivity contribution >= 4 is 67.3 Å². The summed E-state index contributed by atoms with van der Waals surface area (Å²) < 4.78 is 29.5. The maximum Gasteiger partial charge on any atom is 0.241 e. The molecule has 1 amide bonds. The molecule has 11 heteroatoms. The Balaban J connectivity index is 1.33. The van der Waals surface area contributed by atoms with Gasteiger partial charge in [0.05, 0.1) is 9.45 Å². The largest absolute Gasteiger partial charge is 0.340 e. The molecule has 0 atom stereocenters. The molecule has 0 unspecified atom stereocenters. The Bertz CT molecular complexity index is 1660. The molecule has 4 aromatic rings. The number of hydrogen-bond acceptors (Lipinski definition) is 7. The van der Waals surface area contributed by atoms with Crippen molar-refractivity contribution in [3.05, 3.63) is 95.2 Å². The van der Waals surface area contributed by atoms with Gasteiger partial charge in [0.25, 0.3) is 0 Å². The van der Waals surface area contributed by atoms with Crippen LogP contribution in [0.4, 0.5) is 28.8 Å². The summed E-state index contributed by atoms with van der Waals surface area (Å²) in [6.45, 7) is 3.88. The number of carbonyl (C=O) groups is 1. The van der Waals surface area contributed by atoms with Crippen LogP contribution in [-0.4, -0.2) is 28.8 Å². The normalized spacial score (nSPS) is 13.2. The highest BCUT2D eigenvalue weighted by Crippen LogP contribution is 2.32. The van der Waals surface area contributed by atoms with Gasteiger partial charge in [-0.1, -0.05) is 59.0 Å². The molecule has 3 N–H and O–H groups in total. The number of carbonyl (C=O) groups excluding carboxylic acids is 1. The van der Waals surface area contributed by atoms with Crippen molar-refractivity contribution in [3.63, 3.8) is 0 Å². The van der Waals surface area contributed by atoms with Crippen LogP contribution >= 0.6 is 22.6 Å². The summed E-state index contributed by atoms with van der Waals surface area (Å²) in [5, 5.41) is 6.51. The Kier molecular flexibility index (Phi) is 8.33. The number of benzene rings is 3. The molecule has 0 fully saturated rings. The number of hydrogen-bond donors (Lipinski definition) is 3. The van der Waals surface area contributed by atoms with Crippen molar-refractivity contribution in [2.45, 2.75) is 38.1 Å². The summed E-state index contributed by atoms with van der Waals surface area (Å²) >= 11 is 2.21. The number of nitrogens with one attached hydrogen (secondary N) is 3. The Labute approximate surface area is 247 Å². The first-order valence-electron chi connectivity index (χ1n) is 12.7. The fraction of sp³-hybridized carbons (Fsp3) is 0.207. The van der Waals surface area contributed by atoms with E-state index < -0.39 is 10.0 Å². The third-order valence-electron chi connectivity index (χ3n) is 6.68. The number of anilines is 5. The molecule has 1 aliphatic heterocycles. The van der Waals surface area contributed by atoms with Crippen molar-refractivity contribution in [1.82, 2.24) is 14.7 Å². The molecule has 0 spiro atoms. The number of aromatic nitrogens is 2. The van der Waals surface area contributed by atoms with Gasteiger partial charge in [-0.15, -0.1) is 0 Å². The second-order valence-corrected chi connectivity index (χ2v) is 12.0. The third-order valence-corrected chi connectivity index (χ3v) is 8.90. The molecule has 0 saturated heterocycles. The average Bonchev–Trinajstić information content (AvgIpc) is 2.95. The van der Waals surface area contributed by atoms with Crippen molar-refractivity contribution in [1.29, 1.82) is 0 Å². The minimum absolute atomic E-state index is 0.143. The van der Waals surface area contributed by atoms with Crippen LogP contribution in [0.5, 0.6) is 0 Å². The van der Waals surface area contributed by atoms with Gasteiger partial charge in [0, 0.05) is 41.8 Å². The summed E-state index contributed by atoms with van der Waals surface area (Å²) in [5.41, 5.74) is 5.83. The van der Waals surface area contributed by atoms with Gasteiger partial charge in [0.15, 0.2) is 0 Å². The van der Waals surface area contributed by atoms with Crippen LogP contribution < -0.4 is 20.3 Å². The molecule has 3 aromatic carbocycles. The molecular formula is C29H29IN6O3S. The zero-order valence-electron chi connectivity index (χ0n) is 22.1. The number of alkyl halides is 1. The van der Waals surface area contributed by atoms with Crippen LogP contribution in [0.2, 0.25) is 0 Å². The SMILES string of the molecule is Cc1ccc(Nc2ncc(C)c(Nc3ccc4c(c3)CCC(=O)N4CI)n2)cc1S(=O)(=O)NCc1ccccc1. The number of rotatable bonds is 9. The number of aryl methyl sites for hydroxylation is 3. The van der Waals surface area contributed by atoms with Crippen molar-refractivity contribution in [2.75, 3.05) is 20.1 Å². The van der Waals surface area contributed by atoms with Crippen LogP contribution in [0.3, 0.4) is 0 Å². The van der Waals surface area contributed by atoms with E-state index in [1.165, 1.54) is 0 Å². The Hall–Kier alpha value is -3.55. The minimum Gasteiger partial charge on any atom is -0.340 e. The Morgan fingerprint density at radius 2 is 1.68 bits per heavy atom. The molecule has 1 aliphatic rings. The van der Waals surface area contributed by atoms with Gasteiger partial charge in [-0.2, -0.15) is 4.98 Å². The van der Waals surface area contributed by atoms with Gasteiger partial charge >= 0.3 is 0 Å². The second-order valence-electron chi connectivity index (χ2n) is 9.55. The quantitative estimate of drug-likeness (QED) is 0.119. The van der Waals surface area contributed by atoms with Gasteiger partial charge in [-0.05, 0) is 67.3 Å². The zero-order chi connectivity index (χ0) is 28.3. The summed E-state index contributed by atoms with van der Waals surface area (Å²) in [5.74, 6) is 1.10. The molecular weight excluding hydrogens is 639 g/mol. The number of sulfonamides is 1. The Morgan fingerprint density at radius 1 is 0.925 bits per heavy atom. The van der Waals surface area contributed by atoms with Crippen molar-refractivity contribution in [3.8, 4) is 0 Å². The summed E-state index contributed by atoms with van der Waals surface area (Å²) in [7, 11) is -3.74. The predicted molar refractivity (Wildman–Crippen MR) is 166 cm³/mol. The zero-order valence-corrected chi connectivity index (χ0v) is 25.1. The van der Waals surface area contributed by atoms with Gasteiger partial charge in [0.1, 0.15) is 5.82 Å². The molecule has 0 saturated carbocycles. The first-order chi connectivity index (χ1) is 19.2. The number of fused-ring (bicyclic) bond motifs is 1. The first kappa shape index (κ1) is 28.0. The lowest BCUT2D eigenvalue weighted by atomic mass is 10.0. The molecule has 5 rings (SSSR count). The summed E-state index contributed by atoms with van der Waals surface area (Å²) in [6.07, 6.45) is 2.90. The topological polar surface area (TPSA) is 116 Å². The van der Waals surface area contributed by atoms with E-state index in [0.717, 1.165) is 28.1 Å². The van der Waals surface area contributed by atoms with E-state index >= 15 is 0 Å². The molecule has 0 radical (unpaired) electrons. The maximum atomic E-state index is 13.1. The monoisotopic (exact) mass is 668 g/mol. The maximum absolute atomic E-state index is 13.1. The fourth-order valence-electron chi connectivity index (χ4n) is 4.48. The van der Waals surface area contributed by atoms with E-state index in [9.17, 15) is 13.2 Å². The average molecular weight is 669 g/mol. The molecule has 1 aromatic heterocycles. The lowest BCUT2D eigenvalue weighted by molar-refractivity contribution is -0.118. The van der Waals surface area contributed by atoms with Gasteiger partial charge in [-0.3, -0.25) is 4.79 Å². The lowest BCUT2D eigenvalue weighted by Crippen LogP contribution is -2.33. The third kappa shape index (κ3) is 6.26. The molecule has 0 bridgehead atoms. The number of halogens is 1. The van der Waals surface area contributed by atoms with Gasteiger partial charge < -0.3 is 15.5 Å². The van der Waals surface area contributed by atoms with E-state index in [2.05, 4.69) is 54.0 Å². The minimum atomic E-state index is -3.74. The molecule has 40 heavy (non-hydrogen) atoms. The van der Waals surface area contributed by atoms with E-state index in [0.29, 0.717) is 40.4 Å². The first-order valence-corrected chi connectivity index (χ1v) is 15.8. The van der Waals surface area contributed by atoms with E-state index in [1.807, 2.05) is 49.4 Å². The smallest absolute Gasteiger partial charge is 0.241 e. The number of nitrogens with zero attached hydrogens (tertiary/aromatic N) is 3. The van der Waals surface area contributed by atoms with E-state index in [-0.39, 0.29) is 17.3 Å². The van der Waals surface area contributed by atoms with Crippen LogP contribution in [0.15, 0.2) is 77.8 Å². The van der Waals surface area contributed by atoms with Crippen LogP contribution in [0.1, 0.15) is 28.7 Å². The molecule has 9 nitrogen and oxygen atoms in total. The highest BCUT2D eigenvalue weighted by molar-refractivity contribution is 14.1. The highest BCUT2D eigenvalue weighted by Gasteiger charge is 2.23. The second kappa shape index (κ2) is 11.9. The Morgan fingerprint density at radius 3 is 2.45 bits per heavy atom. The predicted octanol–water partition coefficient (Wildman–Crippen LogP) is 5.73. The van der Waals surface area contributed by atoms with Crippen molar-refractivity contribution in [2.24, 2.45) is 0 Å². The fourth-order valence-corrected chi connectivity index (χ4v) is 6.52. The number of amides is 1. The van der Waals surface area contributed by atoms with E-state index in [4.69, 9.17) is 0 Å². The van der Waals surface area contributed by atoms with Crippen molar-refractivity contribution < 1.29 is 13.2 Å². The van der Waals surface area contributed by atoms with Crippen LogP contribution in [-0.2, 0) is 27.8 Å². The summed E-state index contributed by atoms with van der Waals surface area (Å²) in [4.78, 5) is 23.3. The molecule has 206 valence electrons. The summed E-state index contributed by atoms with van der Waals surface area (Å²) in [6, 6.07) is 20.5. The van der Waals surface area contributed by atoms with E-state index in [1.54, 1.807) is 36.2 Å². The molecule has 0 aliphatic carbocycles. The van der Waals surface area contributed by atoms with Gasteiger partial charge in [-0.25, -0.2) is 18.1 Å². The van der Waals surface area contributed by atoms with Crippen LogP contribution in [0.25, 0.3) is 0 Å².